The largest absolute Gasteiger partial charge is 0.423 e. The van der Waals surface area contributed by atoms with E-state index < -0.39 is 6.04 Å². The number of rotatable bonds is 4. The number of benzene rings is 3. The molecule has 3 aromatic carbocycles. The van der Waals surface area contributed by atoms with Gasteiger partial charge in [-0.25, -0.2) is 4.99 Å². The Bertz CT molecular complexity index is 1390. The van der Waals surface area contributed by atoms with Crippen molar-refractivity contribution in [3.63, 3.8) is 0 Å². The van der Waals surface area contributed by atoms with Gasteiger partial charge in [0.15, 0.2) is 5.58 Å². The molecule has 1 unspecified atom stereocenters. The first-order valence-electron chi connectivity index (χ1n) is 10.8. The number of para-hydroxylation sites is 3. The molecule has 0 spiro atoms. The molecule has 0 saturated carbocycles. The molecule has 2 heterocycles. The molecular formula is C26H22ClN5O2. The molecule has 170 valence electrons. The van der Waals surface area contributed by atoms with Crippen LogP contribution in [-0.4, -0.2) is 23.9 Å². The molecule has 0 fully saturated rings. The standard InChI is InChI=1S/C26H22ClN5O2/c1-16-22(24(33)32(2)17-10-4-3-5-11-17)23(18-12-6-7-13-19(18)27)30-25(28-16)31-26-29-20-14-8-9-15-21(20)34-26/h3-15,23H,1-2H3,(H2,28,29,30,31). The van der Waals surface area contributed by atoms with Crippen molar-refractivity contribution in [1.82, 2.24) is 10.3 Å². The van der Waals surface area contributed by atoms with Gasteiger partial charge in [0.05, 0.1) is 5.57 Å². The fourth-order valence-electron chi connectivity index (χ4n) is 3.92. The second kappa shape index (κ2) is 9.03. The molecule has 8 heteroatoms. The Morgan fingerprint density at radius 2 is 1.74 bits per heavy atom. The van der Waals surface area contributed by atoms with Gasteiger partial charge >= 0.3 is 6.01 Å². The van der Waals surface area contributed by atoms with Gasteiger partial charge in [-0.1, -0.05) is 60.1 Å². The maximum absolute atomic E-state index is 13.7. The minimum absolute atomic E-state index is 0.175. The normalized spacial score (nSPS) is 15.6. The van der Waals surface area contributed by atoms with Gasteiger partial charge in [-0.05, 0) is 37.3 Å². The smallest absolute Gasteiger partial charge is 0.302 e. The Morgan fingerprint density at radius 1 is 1.03 bits per heavy atom. The summed E-state index contributed by atoms with van der Waals surface area (Å²) in [6, 6.07) is 24.0. The molecule has 1 amide bonds. The summed E-state index contributed by atoms with van der Waals surface area (Å²) in [5.74, 6) is 0.235. The van der Waals surface area contributed by atoms with E-state index in [0.29, 0.717) is 33.9 Å². The van der Waals surface area contributed by atoms with Crippen molar-refractivity contribution in [2.75, 3.05) is 17.3 Å². The van der Waals surface area contributed by atoms with E-state index in [1.54, 1.807) is 18.0 Å². The lowest BCUT2D eigenvalue weighted by Crippen LogP contribution is -2.39. The first-order chi connectivity index (χ1) is 16.5. The molecule has 5 rings (SSSR count). The van der Waals surface area contributed by atoms with Crippen molar-refractivity contribution in [3.8, 4) is 0 Å². The second-order valence-electron chi connectivity index (χ2n) is 7.88. The molecule has 1 aliphatic heterocycles. The topological polar surface area (TPSA) is 82.8 Å². The molecule has 34 heavy (non-hydrogen) atoms. The zero-order valence-electron chi connectivity index (χ0n) is 18.6. The van der Waals surface area contributed by atoms with Gasteiger partial charge in [-0.15, -0.1) is 0 Å². The molecule has 2 N–H and O–H groups in total. The van der Waals surface area contributed by atoms with E-state index in [0.717, 1.165) is 16.8 Å². The van der Waals surface area contributed by atoms with Crippen LogP contribution in [0.15, 0.2) is 99.5 Å². The predicted molar refractivity (Wildman–Crippen MR) is 135 cm³/mol. The molecule has 0 aliphatic carbocycles. The van der Waals surface area contributed by atoms with E-state index in [9.17, 15) is 4.79 Å². The quantitative estimate of drug-likeness (QED) is 0.409. The molecular weight excluding hydrogens is 450 g/mol. The van der Waals surface area contributed by atoms with Gasteiger partial charge < -0.3 is 14.6 Å². The number of nitrogens with one attached hydrogen (secondary N) is 2. The third-order valence-corrected chi connectivity index (χ3v) is 5.98. The molecule has 1 atom stereocenters. The summed E-state index contributed by atoms with van der Waals surface area (Å²) in [5.41, 5.74) is 4.07. The maximum atomic E-state index is 13.7. The number of aliphatic imine (C=N–C) groups is 1. The van der Waals surface area contributed by atoms with Crippen LogP contribution >= 0.6 is 11.6 Å². The fourth-order valence-corrected chi connectivity index (χ4v) is 4.15. The minimum Gasteiger partial charge on any atom is -0.423 e. The van der Waals surface area contributed by atoms with Crippen molar-refractivity contribution >= 4 is 46.3 Å². The Morgan fingerprint density at radius 3 is 2.50 bits per heavy atom. The van der Waals surface area contributed by atoms with Crippen LogP contribution < -0.4 is 15.5 Å². The van der Waals surface area contributed by atoms with Gasteiger partial charge in [-0.3, -0.25) is 10.1 Å². The SMILES string of the molecule is CC1=C(C(=O)N(C)c2ccccc2)C(c2ccccc2Cl)N=C(Nc2nc3ccccc3o2)N1. The molecule has 1 aliphatic rings. The van der Waals surface area contributed by atoms with Crippen LogP contribution in [0.3, 0.4) is 0 Å². The maximum Gasteiger partial charge on any atom is 0.302 e. The van der Waals surface area contributed by atoms with Crippen LogP contribution in [0.4, 0.5) is 11.7 Å². The van der Waals surface area contributed by atoms with Crippen LogP contribution in [0.5, 0.6) is 0 Å². The van der Waals surface area contributed by atoms with Gasteiger partial charge in [0.2, 0.25) is 5.96 Å². The number of carbonyl (C=O) groups is 1. The molecule has 0 bridgehead atoms. The summed E-state index contributed by atoms with van der Waals surface area (Å²) in [5, 5.41) is 6.82. The van der Waals surface area contributed by atoms with E-state index in [-0.39, 0.29) is 5.91 Å². The number of halogens is 1. The number of nitrogens with zero attached hydrogens (tertiary/aromatic N) is 3. The zero-order valence-corrected chi connectivity index (χ0v) is 19.4. The fraction of sp³-hybridized carbons (Fsp3) is 0.115. The highest BCUT2D eigenvalue weighted by Crippen LogP contribution is 2.36. The molecule has 7 nitrogen and oxygen atoms in total. The number of likely N-dealkylation sites (N-methyl/N-ethyl adjacent to an activating group) is 1. The predicted octanol–water partition coefficient (Wildman–Crippen LogP) is 5.53. The van der Waals surface area contributed by atoms with Gasteiger partial charge in [0.25, 0.3) is 5.91 Å². The third kappa shape index (κ3) is 4.13. The van der Waals surface area contributed by atoms with Gasteiger partial charge in [0, 0.05) is 29.0 Å². The number of fused-ring (bicyclic) bond motifs is 1. The first-order valence-corrected chi connectivity index (χ1v) is 11.1. The Labute approximate surface area is 201 Å². The highest BCUT2D eigenvalue weighted by atomic mass is 35.5. The minimum atomic E-state index is -0.625. The summed E-state index contributed by atoms with van der Waals surface area (Å²) in [6.07, 6.45) is 0. The van der Waals surface area contributed by atoms with Crippen LogP contribution in [0, 0.1) is 0 Å². The average Bonchev–Trinajstić information content (AvgIpc) is 3.26. The van der Waals surface area contributed by atoms with Crippen LogP contribution in [0.2, 0.25) is 5.02 Å². The molecule has 4 aromatic rings. The Balaban J connectivity index is 1.52. The highest BCUT2D eigenvalue weighted by molar-refractivity contribution is 6.31. The number of guanidine groups is 1. The van der Waals surface area contributed by atoms with Crippen molar-refractivity contribution in [2.45, 2.75) is 13.0 Å². The Kier molecular flexibility index (Phi) is 5.77. The summed E-state index contributed by atoms with van der Waals surface area (Å²) >= 11 is 6.54. The number of amides is 1. The van der Waals surface area contributed by atoms with E-state index in [2.05, 4.69) is 15.6 Å². The number of hydrogen-bond acceptors (Lipinski definition) is 6. The number of allylic oxidation sites excluding steroid dienone is 1. The zero-order chi connectivity index (χ0) is 23.7. The first kappa shape index (κ1) is 21.7. The monoisotopic (exact) mass is 471 g/mol. The molecule has 1 aromatic heterocycles. The third-order valence-electron chi connectivity index (χ3n) is 5.64. The van der Waals surface area contributed by atoms with Crippen LogP contribution in [-0.2, 0) is 4.79 Å². The Hall–Kier alpha value is -4.10. The van der Waals surface area contributed by atoms with Crippen molar-refractivity contribution < 1.29 is 9.21 Å². The van der Waals surface area contributed by atoms with E-state index in [1.165, 1.54) is 0 Å². The summed E-state index contributed by atoms with van der Waals surface area (Å²) < 4.78 is 5.78. The lowest BCUT2D eigenvalue weighted by molar-refractivity contribution is -0.115. The summed E-state index contributed by atoms with van der Waals surface area (Å²) in [4.78, 5) is 24.5. The van der Waals surface area contributed by atoms with Crippen LogP contribution in [0.1, 0.15) is 18.5 Å². The van der Waals surface area contributed by atoms with Crippen molar-refractivity contribution in [1.29, 1.82) is 0 Å². The number of oxazole rings is 1. The van der Waals surface area contributed by atoms with Gasteiger partial charge in [0.1, 0.15) is 11.6 Å². The number of anilines is 2. The second-order valence-corrected chi connectivity index (χ2v) is 8.28. The average molecular weight is 472 g/mol. The van der Waals surface area contributed by atoms with Crippen LogP contribution in [0.25, 0.3) is 11.1 Å². The molecule has 0 saturated heterocycles. The number of hydrogen-bond donors (Lipinski definition) is 2. The van der Waals surface area contributed by atoms with E-state index in [1.807, 2.05) is 79.7 Å². The lowest BCUT2D eigenvalue weighted by Gasteiger charge is -2.29. The van der Waals surface area contributed by atoms with Crippen molar-refractivity contribution in [2.24, 2.45) is 4.99 Å². The lowest BCUT2D eigenvalue weighted by atomic mass is 9.95. The highest BCUT2D eigenvalue weighted by Gasteiger charge is 2.33. The summed E-state index contributed by atoms with van der Waals surface area (Å²) in [6.45, 7) is 1.85. The van der Waals surface area contributed by atoms with E-state index >= 15 is 0 Å². The van der Waals surface area contributed by atoms with Crippen molar-refractivity contribution in [3.05, 3.63) is 101 Å². The number of carbonyl (C=O) groups excluding carboxylic acids is 1. The summed E-state index contributed by atoms with van der Waals surface area (Å²) in [7, 11) is 1.75. The van der Waals surface area contributed by atoms with Gasteiger partial charge in [-0.2, -0.15) is 4.98 Å². The number of aromatic nitrogens is 1. The van der Waals surface area contributed by atoms with E-state index in [4.69, 9.17) is 21.0 Å². The molecule has 0 radical (unpaired) electrons.